The van der Waals surface area contributed by atoms with E-state index in [0.717, 1.165) is 36.8 Å². The molecule has 5 rings (SSSR count). The minimum absolute atomic E-state index is 0.0188. The van der Waals surface area contributed by atoms with E-state index in [4.69, 9.17) is 0 Å². The van der Waals surface area contributed by atoms with Crippen molar-refractivity contribution in [3.8, 4) is 11.5 Å². The molecule has 4 aromatic heterocycles. The molecule has 0 aromatic carbocycles. The lowest BCUT2D eigenvalue weighted by atomic mass is 10.2. The van der Waals surface area contributed by atoms with Crippen LogP contribution in [0.15, 0.2) is 30.6 Å². The van der Waals surface area contributed by atoms with Gasteiger partial charge in [0.2, 0.25) is 0 Å². The minimum Gasteiger partial charge on any atom is -0.339 e. The molecule has 2 N–H and O–H groups in total. The SMILES string of the molecule is O=C(c1cnc2[nH]nc(-c3nc4cccnc4[nH]3)c2c1)N1CCCC1. The first kappa shape index (κ1) is 14.1. The fraction of sp³-hybridized carbons (Fsp3) is 0.235. The number of hydrogen-bond acceptors (Lipinski definition) is 5. The molecular weight excluding hydrogens is 318 g/mol. The Labute approximate surface area is 142 Å². The van der Waals surface area contributed by atoms with Gasteiger partial charge in [0.25, 0.3) is 5.91 Å². The number of rotatable bonds is 2. The van der Waals surface area contributed by atoms with Crippen LogP contribution in [0.4, 0.5) is 0 Å². The summed E-state index contributed by atoms with van der Waals surface area (Å²) in [7, 11) is 0. The van der Waals surface area contributed by atoms with Crippen molar-refractivity contribution >= 4 is 28.1 Å². The van der Waals surface area contributed by atoms with Crippen molar-refractivity contribution < 1.29 is 4.79 Å². The Kier molecular flexibility index (Phi) is 3.03. The third-order valence-electron chi connectivity index (χ3n) is 4.54. The molecule has 124 valence electrons. The van der Waals surface area contributed by atoms with Gasteiger partial charge in [-0.05, 0) is 31.0 Å². The zero-order valence-electron chi connectivity index (χ0n) is 13.4. The molecule has 25 heavy (non-hydrogen) atoms. The molecule has 1 amide bonds. The largest absolute Gasteiger partial charge is 0.339 e. The summed E-state index contributed by atoms with van der Waals surface area (Å²) in [6.07, 6.45) is 5.43. The number of carbonyl (C=O) groups is 1. The fourth-order valence-corrected chi connectivity index (χ4v) is 3.26. The van der Waals surface area contributed by atoms with Gasteiger partial charge in [0, 0.05) is 25.5 Å². The van der Waals surface area contributed by atoms with Gasteiger partial charge in [-0.1, -0.05) is 0 Å². The quantitative estimate of drug-likeness (QED) is 0.585. The van der Waals surface area contributed by atoms with Crippen LogP contribution in [0.3, 0.4) is 0 Å². The normalized spacial score (nSPS) is 14.6. The van der Waals surface area contributed by atoms with Crippen molar-refractivity contribution in [3.63, 3.8) is 0 Å². The number of nitrogens with zero attached hydrogens (tertiary/aromatic N) is 5. The highest BCUT2D eigenvalue weighted by molar-refractivity contribution is 5.99. The fourth-order valence-electron chi connectivity index (χ4n) is 3.26. The molecule has 0 radical (unpaired) electrons. The highest BCUT2D eigenvalue weighted by Crippen LogP contribution is 2.26. The van der Waals surface area contributed by atoms with Crippen molar-refractivity contribution in [3.05, 3.63) is 36.2 Å². The van der Waals surface area contributed by atoms with Gasteiger partial charge in [0.15, 0.2) is 17.1 Å². The number of nitrogens with one attached hydrogen (secondary N) is 2. The van der Waals surface area contributed by atoms with Gasteiger partial charge in [0.1, 0.15) is 11.2 Å². The second-order valence-corrected chi connectivity index (χ2v) is 6.15. The number of hydrogen-bond donors (Lipinski definition) is 2. The molecule has 0 saturated carbocycles. The van der Waals surface area contributed by atoms with E-state index < -0.39 is 0 Å². The Balaban J connectivity index is 1.61. The maximum absolute atomic E-state index is 12.6. The zero-order chi connectivity index (χ0) is 16.8. The molecule has 1 aliphatic heterocycles. The number of H-pyrrole nitrogens is 2. The van der Waals surface area contributed by atoms with Crippen molar-refractivity contribution in [2.24, 2.45) is 0 Å². The average molecular weight is 333 g/mol. The maximum Gasteiger partial charge on any atom is 0.255 e. The number of aromatic amines is 2. The maximum atomic E-state index is 12.6. The summed E-state index contributed by atoms with van der Waals surface area (Å²) in [6, 6.07) is 5.56. The summed E-state index contributed by atoms with van der Waals surface area (Å²) < 4.78 is 0. The summed E-state index contributed by atoms with van der Waals surface area (Å²) in [5.41, 5.74) is 3.31. The molecule has 1 fully saturated rings. The highest BCUT2D eigenvalue weighted by Gasteiger charge is 2.21. The van der Waals surface area contributed by atoms with E-state index in [9.17, 15) is 4.79 Å². The Morgan fingerprint density at radius 3 is 2.88 bits per heavy atom. The van der Waals surface area contributed by atoms with E-state index in [0.29, 0.717) is 28.4 Å². The summed E-state index contributed by atoms with van der Waals surface area (Å²) in [6.45, 7) is 1.62. The molecule has 8 heteroatoms. The lowest BCUT2D eigenvalue weighted by Gasteiger charge is -2.14. The van der Waals surface area contributed by atoms with E-state index in [-0.39, 0.29) is 5.91 Å². The molecule has 8 nitrogen and oxygen atoms in total. The van der Waals surface area contributed by atoms with Crippen LogP contribution < -0.4 is 0 Å². The van der Waals surface area contributed by atoms with E-state index in [1.807, 2.05) is 23.1 Å². The van der Waals surface area contributed by atoms with Crippen LogP contribution in [-0.2, 0) is 0 Å². The van der Waals surface area contributed by atoms with Gasteiger partial charge >= 0.3 is 0 Å². The minimum atomic E-state index is 0.0188. The Morgan fingerprint density at radius 1 is 1.16 bits per heavy atom. The van der Waals surface area contributed by atoms with E-state index in [2.05, 4.69) is 30.1 Å². The number of carbonyl (C=O) groups excluding carboxylic acids is 1. The van der Waals surface area contributed by atoms with Gasteiger partial charge in [-0.25, -0.2) is 15.0 Å². The molecule has 5 heterocycles. The number of amides is 1. The standard InChI is InChI=1S/C17H15N7O/c25-17(24-6-1-2-7-24)10-8-11-13(22-23-14(11)19-9-10)16-20-12-4-3-5-18-15(12)21-16/h3-5,8-9H,1-2,6-7H2,(H,18,20,21)(H,19,22,23). The van der Waals surface area contributed by atoms with E-state index in [1.165, 1.54) is 0 Å². The van der Waals surface area contributed by atoms with Crippen LogP contribution in [0.1, 0.15) is 23.2 Å². The topological polar surface area (TPSA) is 103 Å². The summed E-state index contributed by atoms with van der Waals surface area (Å²) in [4.78, 5) is 30.8. The first-order valence-electron chi connectivity index (χ1n) is 8.24. The molecule has 0 bridgehead atoms. The Hall–Kier alpha value is -3.29. The van der Waals surface area contributed by atoms with Crippen molar-refractivity contribution in [1.29, 1.82) is 0 Å². The molecule has 0 spiro atoms. The van der Waals surface area contributed by atoms with Crippen LogP contribution in [-0.4, -0.2) is 54.0 Å². The lowest BCUT2D eigenvalue weighted by molar-refractivity contribution is 0.0792. The van der Waals surface area contributed by atoms with Crippen LogP contribution in [0, 0.1) is 0 Å². The molecule has 0 unspecified atom stereocenters. The Morgan fingerprint density at radius 2 is 2.04 bits per heavy atom. The van der Waals surface area contributed by atoms with Gasteiger partial charge < -0.3 is 9.88 Å². The second-order valence-electron chi connectivity index (χ2n) is 6.15. The Bertz CT molecular complexity index is 1060. The van der Waals surface area contributed by atoms with E-state index in [1.54, 1.807) is 12.4 Å². The number of pyridine rings is 2. The molecule has 0 atom stereocenters. The third kappa shape index (κ3) is 2.25. The summed E-state index contributed by atoms with van der Waals surface area (Å²) in [5.74, 6) is 0.623. The second kappa shape index (κ2) is 5.37. The zero-order valence-corrected chi connectivity index (χ0v) is 13.4. The number of likely N-dealkylation sites (tertiary alicyclic amines) is 1. The van der Waals surface area contributed by atoms with Gasteiger partial charge in [-0.3, -0.25) is 9.89 Å². The first-order chi connectivity index (χ1) is 12.3. The van der Waals surface area contributed by atoms with Crippen LogP contribution >= 0.6 is 0 Å². The molecule has 1 saturated heterocycles. The monoisotopic (exact) mass is 333 g/mol. The lowest BCUT2D eigenvalue weighted by Crippen LogP contribution is -2.27. The molecular formula is C17H15N7O. The molecule has 0 aliphatic carbocycles. The summed E-state index contributed by atoms with van der Waals surface area (Å²) >= 11 is 0. The third-order valence-corrected chi connectivity index (χ3v) is 4.54. The highest BCUT2D eigenvalue weighted by atomic mass is 16.2. The van der Waals surface area contributed by atoms with E-state index >= 15 is 0 Å². The van der Waals surface area contributed by atoms with Crippen molar-refractivity contribution in [2.45, 2.75) is 12.8 Å². The number of fused-ring (bicyclic) bond motifs is 2. The number of imidazole rings is 1. The van der Waals surface area contributed by atoms with Crippen molar-refractivity contribution in [2.75, 3.05) is 13.1 Å². The average Bonchev–Trinajstić information content (AvgIpc) is 3.38. The molecule has 1 aliphatic rings. The first-order valence-corrected chi connectivity index (χ1v) is 8.24. The van der Waals surface area contributed by atoms with Crippen molar-refractivity contribution in [1.82, 2.24) is 35.0 Å². The predicted octanol–water partition coefficient (Wildman–Crippen LogP) is 2.13. The van der Waals surface area contributed by atoms with Gasteiger partial charge in [-0.15, -0.1) is 0 Å². The smallest absolute Gasteiger partial charge is 0.255 e. The van der Waals surface area contributed by atoms with Crippen LogP contribution in [0.25, 0.3) is 33.7 Å². The summed E-state index contributed by atoms with van der Waals surface area (Å²) in [5, 5.41) is 7.99. The number of aromatic nitrogens is 6. The molecule has 4 aromatic rings. The van der Waals surface area contributed by atoms with Gasteiger partial charge in [0.05, 0.1) is 10.9 Å². The van der Waals surface area contributed by atoms with Crippen LogP contribution in [0.5, 0.6) is 0 Å². The predicted molar refractivity (Wildman–Crippen MR) is 91.9 cm³/mol. The van der Waals surface area contributed by atoms with Gasteiger partial charge in [-0.2, -0.15) is 5.10 Å². The van der Waals surface area contributed by atoms with Crippen LogP contribution in [0.2, 0.25) is 0 Å².